The maximum atomic E-state index is 13.3. The summed E-state index contributed by atoms with van der Waals surface area (Å²) in [5.74, 6) is -0.224. The maximum Gasteiger partial charge on any atom is 0.325 e. The SMILES string of the molecule is CCC(=O)NC(CCN1CCC2(CC1)NC(=O)N(Cc1ccc(S(C)(=O)=O)cc1)C2=O)c1ccccc1. The van der Waals surface area contributed by atoms with Gasteiger partial charge >= 0.3 is 6.03 Å². The van der Waals surface area contributed by atoms with Crippen molar-refractivity contribution in [3.8, 4) is 0 Å². The minimum Gasteiger partial charge on any atom is -0.349 e. The van der Waals surface area contributed by atoms with Crippen LogP contribution in [0.4, 0.5) is 4.79 Å². The molecule has 0 aliphatic carbocycles. The number of sulfone groups is 1. The molecule has 2 N–H and O–H groups in total. The van der Waals surface area contributed by atoms with E-state index in [0.717, 1.165) is 24.8 Å². The lowest BCUT2D eigenvalue weighted by Gasteiger charge is -2.37. The van der Waals surface area contributed by atoms with E-state index in [9.17, 15) is 22.8 Å². The molecule has 2 saturated heterocycles. The first-order valence-electron chi connectivity index (χ1n) is 12.6. The van der Waals surface area contributed by atoms with E-state index in [1.807, 2.05) is 37.3 Å². The number of imide groups is 1. The second-order valence-electron chi connectivity index (χ2n) is 9.83. The van der Waals surface area contributed by atoms with Crippen molar-refractivity contribution < 1.29 is 22.8 Å². The average Bonchev–Trinajstić information content (AvgIpc) is 3.11. The van der Waals surface area contributed by atoms with Crippen molar-refractivity contribution in [3.63, 3.8) is 0 Å². The Morgan fingerprint density at radius 3 is 2.30 bits per heavy atom. The summed E-state index contributed by atoms with van der Waals surface area (Å²) >= 11 is 0. The summed E-state index contributed by atoms with van der Waals surface area (Å²) in [6.07, 6.45) is 3.34. The van der Waals surface area contributed by atoms with Gasteiger partial charge in [0.1, 0.15) is 5.54 Å². The van der Waals surface area contributed by atoms with Gasteiger partial charge in [-0.2, -0.15) is 0 Å². The van der Waals surface area contributed by atoms with Gasteiger partial charge in [0.15, 0.2) is 9.84 Å². The molecule has 10 heteroatoms. The molecule has 1 atom stereocenters. The molecule has 2 aromatic carbocycles. The molecule has 9 nitrogen and oxygen atoms in total. The average molecular weight is 527 g/mol. The second-order valence-corrected chi connectivity index (χ2v) is 11.9. The summed E-state index contributed by atoms with van der Waals surface area (Å²) in [5, 5.41) is 6.04. The molecule has 198 valence electrons. The third-order valence-corrected chi connectivity index (χ3v) is 8.37. The number of likely N-dealkylation sites (tertiary alicyclic amines) is 1. The Kier molecular flexibility index (Phi) is 7.99. The molecule has 0 bridgehead atoms. The van der Waals surface area contributed by atoms with Gasteiger partial charge < -0.3 is 15.5 Å². The van der Waals surface area contributed by atoms with Crippen LogP contribution in [0.25, 0.3) is 0 Å². The Morgan fingerprint density at radius 2 is 1.70 bits per heavy atom. The van der Waals surface area contributed by atoms with E-state index in [1.54, 1.807) is 12.1 Å². The van der Waals surface area contributed by atoms with E-state index in [2.05, 4.69) is 15.5 Å². The lowest BCUT2D eigenvalue weighted by Crippen LogP contribution is -2.55. The molecule has 2 aromatic rings. The quantitative estimate of drug-likeness (QED) is 0.486. The highest BCUT2D eigenvalue weighted by Gasteiger charge is 2.52. The van der Waals surface area contributed by atoms with E-state index < -0.39 is 21.4 Å². The lowest BCUT2D eigenvalue weighted by atomic mass is 9.87. The number of urea groups is 1. The summed E-state index contributed by atoms with van der Waals surface area (Å²) in [7, 11) is -3.31. The Hall–Kier alpha value is -3.24. The highest BCUT2D eigenvalue weighted by atomic mass is 32.2. The summed E-state index contributed by atoms with van der Waals surface area (Å²) in [6.45, 7) is 4.01. The van der Waals surface area contributed by atoms with Crippen LogP contribution >= 0.6 is 0 Å². The number of nitrogens with zero attached hydrogens (tertiary/aromatic N) is 2. The van der Waals surface area contributed by atoms with Crippen molar-refractivity contribution in [3.05, 3.63) is 65.7 Å². The molecule has 2 fully saturated rings. The van der Waals surface area contributed by atoms with Crippen LogP contribution in [0.2, 0.25) is 0 Å². The number of nitrogens with one attached hydrogen (secondary N) is 2. The molecule has 4 amide bonds. The number of piperidine rings is 1. The van der Waals surface area contributed by atoms with E-state index in [-0.39, 0.29) is 29.3 Å². The fourth-order valence-electron chi connectivity index (χ4n) is 4.96. The Bertz CT molecular complexity index is 1240. The highest BCUT2D eigenvalue weighted by molar-refractivity contribution is 7.90. The minimum absolute atomic E-state index is 0.0109. The predicted molar refractivity (Wildman–Crippen MR) is 139 cm³/mol. The first-order valence-corrected chi connectivity index (χ1v) is 14.5. The fraction of sp³-hybridized carbons (Fsp3) is 0.444. The summed E-state index contributed by atoms with van der Waals surface area (Å²) in [6, 6.07) is 15.6. The molecule has 1 spiro atoms. The predicted octanol–water partition coefficient (Wildman–Crippen LogP) is 2.63. The monoisotopic (exact) mass is 526 g/mol. The van der Waals surface area contributed by atoms with Gasteiger partial charge in [-0.05, 0) is 42.5 Å². The van der Waals surface area contributed by atoms with Crippen LogP contribution in [0.3, 0.4) is 0 Å². The normalized spacial score (nSPS) is 18.6. The molecule has 37 heavy (non-hydrogen) atoms. The van der Waals surface area contributed by atoms with Crippen LogP contribution in [0.15, 0.2) is 59.5 Å². The highest BCUT2D eigenvalue weighted by Crippen LogP contribution is 2.31. The van der Waals surface area contributed by atoms with Crippen molar-refractivity contribution in [2.75, 3.05) is 25.9 Å². The van der Waals surface area contributed by atoms with E-state index in [0.29, 0.717) is 37.9 Å². The largest absolute Gasteiger partial charge is 0.349 e. The Balaban J connectivity index is 1.34. The molecule has 2 aliphatic heterocycles. The van der Waals surface area contributed by atoms with Crippen molar-refractivity contribution in [2.24, 2.45) is 0 Å². The van der Waals surface area contributed by atoms with Gasteiger partial charge in [-0.3, -0.25) is 14.5 Å². The molecule has 0 radical (unpaired) electrons. The lowest BCUT2D eigenvalue weighted by molar-refractivity contribution is -0.133. The Labute approximate surface area is 218 Å². The first kappa shape index (κ1) is 26.8. The van der Waals surface area contributed by atoms with Crippen LogP contribution in [0.5, 0.6) is 0 Å². The van der Waals surface area contributed by atoms with Gasteiger partial charge in [0.2, 0.25) is 5.91 Å². The summed E-state index contributed by atoms with van der Waals surface area (Å²) in [5.41, 5.74) is 0.845. The van der Waals surface area contributed by atoms with Crippen LogP contribution in [0.1, 0.15) is 49.8 Å². The van der Waals surface area contributed by atoms with Crippen molar-refractivity contribution in [2.45, 2.75) is 55.6 Å². The van der Waals surface area contributed by atoms with Crippen molar-refractivity contribution in [1.29, 1.82) is 0 Å². The molecule has 4 rings (SSSR count). The number of amides is 4. The van der Waals surface area contributed by atoms with Gasteiger partial charge in [-0.1, -0.05) is 49.4 Å². The number of carbonyl (C=O) groups excluding carboxylic acids is 3. The molecule has 0 saturated carbocycles. The maximum absolute atomic E-state index is 13.3. The number of hydrogen-bond acceptors (Lipinski definition) is 6. The molecule has 2 aliphatic rings. The van der Waals surface area contributed by atoms with E-state index in [1.165, 1.54) is 17.0 Å². The van der Waals surface area contributed by atoms with Crippen LogP contribution in [-0.2, 0) is 26.0 Å². The van der Waals surface area contributed by atoms with E-state index in [4.69, 9.17) is 0 Å². The number of benzene rings is 2. The zero-order valence-electron chi connectivity index (χ0n) is 21.3. The van der Waals surface area contributed by atoms with Gasteiger partial charge in [-0.25, -0.2) is 13.2 Å². The number of hydrogen-bond donors (Lipinski definition) is 2. The zero-order valence-corrected chi connectivity index (χ0v) is 22.1. The molecule has 1 unspecified atom stereocenters. The molecular formula is C27H34N4O5S. The molecule has 0 aromatic heterocycles. The Morgan fingerprint density at radius 1 is 1.05 bits per heavy atom. The smallest absolute Gasteiger partial charge is 0.325 e. The second kappa shape index (κ2) is 11.0. The number of rotatable bonds is 9. The fourth-order valence-corrected chi connectivity index (χ4v) is 5.59. The third kappa shape index (κ3) is 6.19. The zero-order chi connectivity index (χ0) is 26.6. The first-order chi connectivity index (χ1) is 17.6. The molecular weight excluding hydrogens is 492 g/mol. The topological polar surface area (TPSA) is 116 Å². The van der Waals surface area contributed by atoms with Gasteiger partial charge in [0.25, 0.3) is 5.91 Å². The third-order valence-electron chi connectivity index (χ3n) is 7.24. The van der Waals surface area contributed by atoms with E-state index >= 15 is 0 Å². The number of carbonyl (C=O) groups is 3. The van der Waals surface area contributed by atoms with Crippen molar-refractivity contribution >= 4 is 27.7 Å². The van der Waals surface area contributed by atoms with Crippen LogP contribution in [-0.4, -0.2) is 67.5 Å². The van der Waals surface area contributed by atoms with Crippen molar-refractivity contribution in [1.82, 2.24) is 20.4 Å². The summed E-state index contributed by atoms with van der Waals surface area (Å²) < 4.78 is 23.4. The van der Waals surface area contributed by atoms with Crippen LogP contribution in [0, 0.1) is 0 Å². The van der Waals surface area contributed by atoms with Crippen LogP contribution < -0.4 is 10.6 Å². The van der Waals surface area contributed by atoms with Gasteiger partial charge in [0, 0.05) is 32.3 Å². The molecule has 2 heterocycles. The minimum atomic E-state index is -3.31. The summed E-state index contributed by atoms with van der Waals surface area (Å²) in [4.78, 5) is 41.8. The van der Waals surface area contributed by atoms with Gasteiger partial charge in [-0.15, -0.1) is 0 Å². The van der Waals surface area contributed by atoms with Gasteiger partial charge in [0.05, 0.1) is 17.5 Å². The standard InChI is InChI=1S/C27H34N4O5S/c1-3-24(32)28-23(21-7-5-4-6-8-21)13-16-30-17-14-27(15-18-30)25(33)31(26(34)29-27)19-20-9-11-22(12-10-20)37(2,35)36/h4-12,23H,3,13-19H2,1-2H3,(H,28,32)(H,29,34).